The fraction of sp³-hybridized carbons (Fsp3) is 0.625. The Morgan fingerprint density at radius 1 is 1.00 bits per heavy atom. The molecular formula is C8H12O8. The number of epoxide rings is 1. The maximum absolute atomic E-state index is 10.3. The predicted molar refractivity (Wildman–Crippen MR) is 47.9 cm³/mol. The van der Waals surface area contributed by atoms with Crippen LogP contribution in [0.25, 0.3) is 0 Å². The van der Waals surface area contributed by atoms with Crippen molar-refractivity contribution in [2.75, 3.05) is 13.2 Å². The molecule has 1 fully saturated rings. The number of aliphatic carboxylic acids is 3. The fourth-order valence-electron chi connectivity index (χ4n) is 0.714. The summed E-state index contributed by atoms with van der Waals surface area (Å²) in [5, 5.41) is 33.8. The third-order valence-corrected chi connectivity index (χ3v) is 1.49. The maximum atomic E-state index is 10.3. The van der Waals surface area contributed by atoms with Gasteiger partial charge in [0.15, 0.2) is 5.60 Å². The van der Waals surface area contributed by atoms with Gasteiger partial charge in [0.05, 0.1) is 26.1 Å². The first-order valence-electron chi connectivity index (χ1n) is 4.25. The van der Waals surface area contributed by atoms with Crippen molar-refractivity contribution in [1.82, 2.24) is 0 Å². The van der Waals surface area contributed by atoms with Crippen LogP contribution < -0.4 is 0 Å². The van der Waals surface area contributed by atoms with Gasteiger partial charge in [-0.15, -0.1) is 0 Å². The van der Waals surface area contributed by atoms with Gasteiger partial charge in [0.2, 0.25) is 0 Å². The van der Waals surface area contributed by atoms with E-state index >= 15 is 0 Å². The first-order chi connectivity index (χ1) is 7.28. The summed E-state index contributed by atoms with van der Waals surface area (Å²) in [4.78, 5) is 30.5. The van der Waals surface area contributed by atoms with Crippen LogP contribution in [0, 0.1) is 0 Å². The predicted octanol–water partition coefficient (Wildman–Crippen LogP) is -1.23. The summed E-state index contributed by atoms with van der Waals surface area (Å²) in [5.41, 5.74) is -2.74. The summed E-state index contributed by atoms with van der Waals surface area (Å²) in [6.45, 7) is 2.00. The minimum atomic E-state index is -2.74. The van der Waals surface area contributed by atoms with E-state index in [9.17, 15) is 14.4 Å². The zero-order chi connectivity index (χ0) is 12.8. The van der Waals surface area contributed by atoms with Crippen LogP contribution >= 0.6 is 0 Å². The Labute approximate surface area is 90.1 Å². The SMILES string of the molecule is C1CO1.O=C(O)CC(O)(CC(=O)O)C(=O)O. The molecule has 0 amide bonds. The first kappa shape index (κ1) is 14.3. The molecule has 1 saturated heterocycles. The van der Waals surface area contributed by atoms with Gasteiger partial charge in [0.1, 0.15) is 0 Å². The van der Waals surface area contributed by atoms with Crippen LogP contribution in [-0.2, 0) is 19.1 Å². The summed E-state index contributed by atoms with van der Waals surface area (Å²) in [5.74, 6) is -5.02. The lowest BCUT2D eigenvalue weighted by Gasteiger charge is -2.18. The molecule has 0 bridgehead atoms. The number of ether oxygens (including phenoxy) is 1. The molecule has 4 N–H and O–H groups in total. The van der Waals surface area contributed by atoms with E-state index in [0.717, 1.165) is 13.2 Å². The minimum absolute atomic E-state index is 1.00. The molecule has 8 nitrogen and oxygen atoms in total. The molecule has 92 valence electrons. The number of carboxylic acids is 3. The van der Waals surface area contributed by atoms with Crippen molar-refractivity contribution in [1.29, 1.82) is 0 Å². The Hall–Kier alpha value is -1.67. The van der Waals surface area contributed by atoms with Crippen LogP contribution in [0.2, 0.25) is 0 Å². The zero-order valence-corrected chi connectivity index (χ0v) is 8.25. The van der Waals surface area contributed by atoms with E-state index in [4.69, 9.17) is 20.4 Å². The third kappa shape index (κ3) is 6.74. The average Bonchev–Trinajstić information content (AvgIpc) is 2.84. The number of aliphatic hydroxyl groups is 1. The molecule has 0 aromatic carbocycles. The zero-order valence-electron chi connectivity index (χ0n) is 8.25. The van der Waals surface area contributed by atoms with Gasteiger partial charge in [-0.1, -0.05) is 0 Å². The van der Waals surface area contributed by atoms with Crippen LogP contribution in [0.5, 0.6) is 0 Å². The number of rotatable bonds is 5. The van der Waals surface area contributed by atoms with Gasteiger partial charge in [-0.25, -0.2) is 4.79 Å². The quantitative estimate of drug-likeness (QED) is 0.434. The van der Waals surface area contributed by atoms with Crippen molar-refractivity contribution in [3.8, 4) is 0 Å². The molecule has 0 saturated carbocycles. The summed E-state index contributed by atoms with van der Waals surface area (Å²) in [6.07, 6.45) is -2.29. The van der Waals surface area contributed by atoms with E-state index in [0.29, 0.717) is 0 Å². The highest BCUT2D eigenvalue weighted by molar-refractivity contribution is 5.88. The summed E-state index contributed by atoms with van der Waals surface area (Å²) in [7, 11) is 0. The smallest absolute Gasteiger partial charge is 0.336 e. The van der Waals surface area contributed by atoms with Crippen molar-refractivity contribution >= 4 is 17.9 Å². The van der Waals surface area contributed by atoms with E-state index in [1.807, 2.05) is 0 Å². The van der Waals surface area contributed by atoms with Gasteiger partial charge in [-0.2, -0.15) is 0 Å². The van der Waals surface area contributed by atoms with Crippen LogP contribution in [0.1, 0.15) is 12.8 Å². The lowest BCUT2D eigenvalue weighted by molar-refractivity contribution is -0.170. The number of carboxylic acid groups (broad SMARTS) is 3. The molecule has 1 aliphatic heterocycles. The highest BCUT2D eigenvalue weighted by atomic mass is 16.6. The lowest BCUT2D eigenvalue weighted by atomic mass is 9.96. The molecule has 0 atom stereocenters. The Balaban J connectivity index is 0.000000635. The molecule has 1 rings (SSSR count). The molecule has 0 spiro atoms. The second-order valence-corrected chi connectivity index (χ2v) is 3.09. The Kier molecular flexibility index (Phi) is 5.40. The number of hydrogen-bond donors (Lipinski definition) is 4. The number of hydrogen-bond acceptors (Lipinski definition) is 5. The molecular weight excluding hydrogens is 224 g/mol. The van der Waals surface area contributed by atoms with Crippen molar-refractivity contribution in [3.63, 3.8) is 0 Å². The van der Waals surface area contributed by atoms with Crippen LogP contribution in [0.15, 0.2) is 0 Å². The standard InChI is InChI=1S/C6H8O7.C2H4O/c7-3(8)1-6(13,5(11)12)2-4(9)10;1-2-3-1/h13H,1-2H2,(H,7,8)(H,9,10)(H,11,12);1-2H2. The van der Waals surface area contributed by atoms with E-state index in [1.54, 1.807) is 0 Å². The van der Waals surface area contributed by atoms with E-state index < -0.39 is 36.4 Å². The summed E-state index contributed by atoms with van der Waals surface area (Å²) < 4.78 is 4.50. The topological polar surface area (TPSA) is 145 Å². The molecule has 0 aromatic rings. The number of carbonyl (C=O) groups is 3. The molecule has 16 heavy (non-hydrogen) atoms. The summed E-state index contributed by atoms with van der Waals surface area (Å²) in [6, 6.07) is 0. The molecule has 0 aromatic heterocycles. The highest BCUT2D eigenvalue weighted by Crippen LogP contribution is 2.15. The van der Waals surface area contributed by atoms with Crippen molar-refractivity contribution in [2.45, 2.75) is 18.4 Å². The van der Waals surface area contributed by atoms with Gasteiger partial charge >= 0.3 is 17.9 Å². The average molecular weight is 236 g/mol. The normalized spacial score (nSPS) is 13.3. The van der Waals surface area contributed by atoms with Crippen molar-refractivity contribution in [2.24, 2.45) is 0 Å². The lowest BCUT2D eigenvalue weighted by Crippen LogP contribution is -2.42. The van der Waals surface area contributed by atoms with Gasteiger partial charge < -0.3 is 25.2 Å². The molecule has 0 aliphatic carbocycles. The van der Waals surface area contributed by atoms with Gasteiger partial charge in [-0.05, 0) is 0 Å². The molecule has 1 heterocycles. The Morgan fingerprint density at radius 2 is 1.31 bits per heavy atom. The van der Waals surface area contributed by atoms with E-state index in [2.05, 4.69) is 4.74 Å². The van der Waals surface area contributed by atoms with Gasteiger partial charge in [0, 0.05) is 0 Å². The largest absolute Gasteiger partial charge is 0.481 e. The van der Waals surface area contributed by atoms with Crippen molar-refractivity contribution in [3.05, 3.63) is 0 Å². The Morgan fingerprint density at radius 3 is 1.44 bits per heavy atom. The molecule has 0 unspecified atom stereocenters. The fourth-order valence-corrected chi connectivity index (χ4v) is 0.714. The molecule has 8 heteroatoms. The van der Waals surface area contributed by atoms with Crippen LogP contribution in [0.3, 0.4) is 0 Å². The first-order valence-corrected chi connectivity index (χ1v) is 4.25. The highest BCUT2D eigenvalue weighted by Gasteiger charge is 2.40. The minimum Gasteiger partial charge on any atom is -0.481 e. The maximum Gasteiger partial charge on any atom is 0.336 e. The van der Waals surface area contributed by atoms with E-state index in [-0.39, 0.29) is 0 Å². The van der Waals surface area contributed by atoms with E-state index in [1.165, 1.54) is 0 Å². The second kappa shape index (κ2) is 6.03. The molecule has 1 aliphatic rings. The molecule has 0 radical (unpaired) electrons. The third-order valence-electron chi connectivity index (χ3n) is 1.49. The Bertz CT molecular complexity index is 263. The van der Waals surface area contributed by atoms with Gasteiger partial charge in [-0.3, -0.25) is 9.59 Å². The van der Waals surface area contributed by atoms with Crippen LogP contribution in [0.4, 0.5) is 0 Å². The summed E-state index contributed by atoms with van der Waals surface area (Å²) >= 11 is 0. The van der Waals surface area contributed by atoms with Crippen molar-refractivity contribution < 1.29 is 39.5 Å². The monoisotopic (exact) mass is 236 g/mol. The second-order valence-electron chi connectivity index (χ2n) is 3.09. The van der Waals surface area contributed by atoms with Gasteiger partial charge in [0.25, 0.3) is 0 Å². The van der Waals surface area contributed by atoms with Crippen LogP contribution in [-0.4, -0.2) is 57.1 Å².